The second-order valence-electron chi connectivity index (χ2n) is 4.45. The molecule has 1 fully saturated rings. The summed E-state index contributed by atoms with van der Waals surface area (Å²) in [4.78, 5) is 10.1. The summed E-state index contributed by atoms with van der Waals surface area (Å²) >= 11 is 0. The van der Waals surface area contributed by atoms with E-state index in [0.29, 0.717) is 11.7 Å². The molecular formula is C11H19N5O. The number of hydrogen-bond acceptors (Lipinski definition) is 6. The van der Waals surface area contributed by atoms with Gasteiger partial charge < -0.3 is 21.1 Å². The van der Waals surface area contributed by atoms with Crippen LogP contribution in [-0.4, -0.2) is 36.8 Å². The van der Waals surface area contributed by atoms with Crippen LogP contribution in [0.25, 0.3) is 0 Å². The molecule has 2 heterocycles. The quantitative estimate of drug-likeness (QED) is 0.795. The minimum absolute atomic E-state index is 0.221. The molecule has 17 heavy (non-hydrogen) atoms. The van der Waals surface area contributed by atoms with Crippen LogP contribution in [0.3, 0.4) is 0 Å². The molecule has 0 spiro atoms. The van der Waals surface area contributed by atoms with Crippen LogP contribution in [0.1, 0.15) is 12.8 Å². The van der Waals surface area contributed by atoms with E-state index in [4.69, 9.17) is 16.2 Å². The van der Waals surface area contributed by atoms with Crippen molar-refractivity contribution in [3.05, 3.63) is 6.07 Å². The van der Waals surface area contributed by atoms with Crippen LogP contribution < -0.4 is 16.4 Å². The lowest BCUT2D eigenvalue weighted by Gasteiger charge is -2.27. The number of nitrogen functional groups attached to an aromatic ring is 2. The summed E-state index contributed by atoms with van der Waals surface area (Å²) in [5.41, 5.74) is 11.2. The lowest BCUT2D eigenvalue weighted by molar-refractivity contribution is 0.0685. The van der Waals surface area contributed by atoms with Gasteiger partial charge in [0.2, 0.25) is 5.95 Å². The van der Waals surface area contributed by atoms with E-state index in [2.05, 4.69) is 14.9 Å². The first kappa shape index (κ1) is 11.9. The molecule has 1 aromatic rings. The number of nitrogens with zero attached hydrogens (tertiary/aromatic N) is 3. The van der Waals surface area contributed by atoms with Crippen LogP contribution in [-0.2, 0) is 4.74 Å². The topological polar surface area (TPSA) is 90.3 Å². The highest BCUT2D eigenvalue weighted by molar-refractivity contribution is 5.49. The highest BCUT2D eigenvalue weighted by atomic mass is 16.5. The molecule has 4 N–H and O–H groups in total. The third kappa shape index (κ3) is 3.20. The van der Waals surface area contributed by atoms with Crippen LogP contribution >= 0.6 is 0 Å². The molecule has 0 aliphatic carbocycles. The SMILES string of the molecule is CN(CC1CCOCC1)c1cc(N)nc(N)n1. The zero-order valence-electron chi connectivity index (χ0n) is 10.1. The molecule has 1 aliphatic rings. The smallest absolute Gasteiger partial charge is 0.223 e. The Morgan fingerprint density at radius 3 is 2.71 bits per heavy atom. The van der Waals surface area contributed by atoms with Gasteiger partial charge in [-0.3, -0.25) is 0 Å². The highest BCUT2D eigenvalue weighted by Gasteiger charge is 2.17. The van der Waals surface area contributed by atoms with E-state index < -0.39 is 0 Å². The average Bonchev–Trinajstić information content (AvgIpc) is 2.29. The molecule has 6 heteroatoms. The average molecular weight is 237 g/mol. The molecule has 2 rings (SSSR count). The van der Waals surface area contributed by atoms with Crippen LogP contribution in [0.15, 0.2) is 6.07 Å². The lowest BCUT2D eigenvalue weighted by atomic mass is 10.00. The van der Waals surface area contributed by atoms with E-state index in [1.165, 1.54) is 0 Å². The number of aromatic nitrogens is 2. The van der Waals surface area contributed by atoms with Gasteiger partial charge in [-0.25, -0.2) is 0 Å². The van der Waals surface area contributed by atoms with Crippen molar-refractivity contribution in [2.24, 2.45) is 5.92 Å². The van der Waals surface area contributed by atoms with Crippen LogP contribution in [0.2, 0.25) is 0 Å². The molecule has 0 aromatic carbocycles. The van der Waals surface area contributed by atoms with Crippen molar-refractivity contribution in [3.8, 4) is 0 Å². The van der Waals surface area contributed by atoms with E-state index in [0.717, 1.165) is 38.4 Å². The molecule has 1 aliphatic heterocycles. The van der Waals surface area contributed by atoms with Gasteiger partial charge in [-0.2, -0.15) is 9.97 Å². The fourth-order valence-corrected chi connectivity index (χ4v) is 2.08. The Bertz CT molecular complexity index is 358. The fraction of sp³-hybridized carbons (Fsp3) is 0.636. The minimum atomic E-state index is 0.221. The molecular weight excluding hydrogens is 218 g/mol. The number of hydrogen-bond donors (Lipinski definition) is 2. The number of rotatable bonds is 3. The van der Waals surface area contributed by atoms with Gasteiger partial charge in [0.05, 0.1) is 0 Å². The predicted octanol–water partition coefficient (Wildman–Crippen LogP) is 0.504. The first-order chi connectivity index (χ1) is 8.15. The number of ether oxygens (including phenoxy) is 1. The summed E-state index contributed by atoms with van der Waals surface area (Å²) in [5, 5.41) is 0. The van der Waals surface area contributed by atoms with Gasteiger partial charge in [0, 0.05) is 32.9 Å². The van der Waals surface area contributed by atoms with Gasteiger partial charge in [-0.05, 0) is 18.8 Å². The zero-order chi connectivity index (χ0) is 12.3. The second-order valence-corrected chi connectivity index (χ2v) is 4.45. The molecule has 0 bridgehead atoms. The molecule has 94 valence electrons. The summed E-state index contributed by atoms with van der Waals surface area (Å²) in [7, 11) is 2.00. The van der Waals surface area contributed by atoms with E-state index >= 15 is 0 Å². The third-order valence-corrected chi connectivity index (χ3v) is 3.01. The first-order valence-electron chi connectivity index (χ1n) is 5.84. The summed E-state index contributed by atoms with van der Waals surface area (Å²) in [6, 6.07) is 1.75. The Morgan fingerprint density at radius 1 is 1.35 bits per heavy atom. The van der Waals surface area contributed by atoms with Crippen molar-refractivity contribution < 1.29 is 4.74 Å². The van der Waals surface area contributed by atoms with Crippen molar-refractivity contribution in [1.29, 1.82) is 0 Å². The van der Waals surface area contributed by atoms with Gasteiger partial charge >= 0.3 is 0 Å². The van der Waals surface area contributed by atoms with Crippen LogP contribution in [0, 0.1) is 5.92 Å². The Hall–Kier alpha value is -1.56. The maximum absolute atomic E-state index is 5.65. The lowest BCUT2D eigenvalue weighted by Crippen LogP contribution is -2.30. The normalized spacial score (nSPS) is 17.0. The fourth-order valence-electron chi connectivity index (χ4n) is 2.08. The van der Waals surface area contributed by atoms with Gasteiger partial charge in [0.1, 0.15) is 11.6 Å². The highest BCUT2D eigenvalue weighted by Crippen LogP contribution is 2.19. The van der Waals surface area contributed by atoms with Crippen molar-refractivity contribution in [2.75, 3.05) is 43.2 Å². The predicted molar refractivity (Wildman–Crippen MR) is 67.7 cm³/mol. The summed E-state index contributed by atoms with van der Waals surface area (Å²) in [6.07, 6.45) is 2.20. The molecule has 0 saturated carbocycles. The van der Waals surface area contributed by atoms with Gasteiger partial charge in [-0.15, -0.1) is 0 Å². The molecule has 0 unspecified atom stereocenters. The van der Waals surface area contributed by atoms with Crippen molar-refractivity contribution in [2.45, 2.75) is 12.8 Å². The van der Waals surface area contributed by atoms with E-state index in [1.54, 1.807) is 6.07 Å². The van der Waals surface area contributed by atoms with E-state index in [-0.39, 0.29) is 5.95 Å². The molecule has 1 saturated heterocycles. The van der Waals surface area contributed by atoms with Gasteiger partial charge in [0.25, 0.3) is 0 Å². The van der Waals surface area contributed by atoms with Crippen molar-refractivity contribution >= 4 is 17.6 Å². The minimum Gasteiger partial charge on any atom is -0.383 e. The number of nitrogens with two attached hydrogens (primary N) is 2. The Balaban J connectivity index is 2.00. The maximum Gasteiger partial charge on any atom is 0.223 e. The summed E-state index contributed by atoms with van der Waals surface area (Å²) < 4.78 is 5.34. The van der Waals surface area contributed by atoms with Crippen molar-refractivity contribution in [1.82, 2.24) is 9.97 Å². The van der Waals surface area contributed by atoms with E-state index in [1.807, 2.05) is 7.05 Å². The molecule has 1 aromatic heterocycles. The first-order valence-corrected chi connectivity index (χ1v) is 5.84. The third-order valence-electron chi connectivity index (χ3n) is 3.01. The van der Waals surface area contributed by atoms with Gasteiger partial charge in [-0.1, -0.05) is 0 Å². The second kappa shape index (κ2) is 5.18. The molecule has 0 radical (unpaired) electrons. The molecule has 0 atom stereocenters. The standard InChI is InChI=1S/C11H19N5O/c1-16(7-8-2-4-17-5-3-8)10-6-9(12)14-11(13)15-10/h6,8H,2-5,7H2,1H3,(H4,12,13,14,15). The van der Waals surface area contributed by atoms with Gasteiger partial charge in [0.15, 0.2) is 0 Å². The Morgan fingerprint density at radius 2 is 2.06 bits per heavy atom. The molecule has 6 nitrogen and oxygen atoms in total. The Kier molecular flexibility index (Phi) is 3.63. The van der Waals surface area contributed by atoms with Crippen molar-refractivity contribution in [3.63, 3.8) is 0 Å². The van der Waals surface area contributed by atoms with Crippen LogP contribution in [0.4, 0.5) is 17.6 Å². The summed E-state index contributed by atoms with van der Waals surface area (Å²) in [6.45, 7) is 2.65. The van der Waals surface area contributed by atoms with E-state index in [9.17, 15) is 0 Å². The number of anilines is 3. The zero-order valence-corrected chi connectivity index (χ0v) is 10.1. The summed E-state index contributed by atoms with van der Waals surface area (Å²) in [5.74, 6) is 2.05. The molecule has 0 amide bonds. The monoisotopic (exact) mass is 237 g/mol. The maximum atomic E-state index is 5.65. The largest absolute Gasteiger partial charge is 0.383 e. The van der Waals surface area contributed by atoms with Crippen LogP contribution in [0.5, 0.6) is 0 Å². The Labute approximate surface area is 101 Å².